The van der Waals surface area contributed by atoms with Crippen molar-refractivity contribution in [3.8, 4) is 0 Å². The molecule has 77 heavy (non-hydrogen) atoms. The molecule has 444 valence electrons. The monoisotopic (exact) mass is 1110 g/mol. The molecule has 0 amide bonds. The molecule has 23 heteroatoms. The third kappa shape index (κ3) is 17.5. The first kappa shape index (κ1) is 64.8. The van der Waals surface area contributed by atoms with Crippen molar-refractivity contribution < 1.29 is 112 Å². The highest BCUT2D eigenvalue weighted by Gasteiger charge is 2.58. The lowest BCUT2D eigenvalue weighted by atomic mass is 9.95. The van der Waals surface area contributed by atoms with Crippen molar-refractivity contribution >= 4 is 23.9 Å². The number of allylic oxidation sites excluding steroid dienone is 1. The van der Waals surface area contributed by atoms with Crippen LogP contribution in [0.2, 0.25) is 0 Å². The van der Waals surface area contributed by atoms with Crippen molar-refractivity contribution in [2.24, 2.45) is 11.8 Å². The number of carbonyl (C=O) groups is 4. The van der Waals surface area contributed by atoms with Crippen molar-refractivity contribution in [1.82, 2.24) is 0 Å². The van der Waals surface area contributed by atoms with Crippen LogP contribution in [0.15, 0.2) is 11.6 Å². The molecule has 0 radical (unpaired) electrons. The lowest BCUT2D eigenvalue weighted by Gasteiger charge is -2.50. The minimum Gasteiger partial charge on any atom is -0.463 e. The molecule has 5 aliphatic heterocycles. The van der Waals surface area contributed by atoms with Gasteiger partial charge in [0.25, 0.3) is 0 Å². The first-order valence-corrected chi connectivity index (χ1v) is 27.9. The Balaban J connectivity index is 1.61. The molecule has 5 rings (SSSR count). The zero-order valence-corrected chi connectivity index (χ0v) is 46.5. The van der Waals surface area contributed by atoms with Crippen LogP contribution in [0.25, 0.3) is 0 Å². The summed E-state index contributed by atoms with van der Waals surface area (Å²) in [6.07, 6.45) is -22.6. The lowest BCUT2D eigenvalue weighted by Crippen LogP contribution is -2.68. The van der Waals surface area contributed by atoms with Crippen LogP contribution in [-0.4, -0.2) is 201 Å². The average Bonchev–Trinajstić information content (AvgIpc) is 3.39. The number of esters is 4. The summed E-state index contributed by atoms with van der Waals surface area (Å²) in [5.74, 6) is -4.87. The lowest BCUT2D eigenvalue weighted by molar-refractivity contribution is -0.399. The molecule has 23 nitrogen and oxygen atoms in total. The number of fused-ring (bicyclic) bond motifs is 4. The molecule has 5 aliphatic rings. The summed E-state index contributed by atoms with van der Waals surface area (Å²) < 4.78 is 74.3. The molecule has 0 spiro atoms. The number of hydrogen-bond acceptors (Lipinski definition) is 23. The molecule has 5 fully saturated rings. The first-order chi connectivity index (χ1) is 36.5. The van der Waals surface area contributed by atoms with E-state index in [0.717, 1.165) is 51.4 Å². The smallest absolute Gasteiger partial charge is 0.333 e. The molecule has 0 saturated carbocycles. The number of hydrogen-bond donors (Lipinski definition) is 7. The summed E-state index contributed by atoms with van der Waals surface area (Å²) in [5, 5.41) is 79.8. The van der Waals surface area contributed by atoms with E-state index in [1.54, 1.807) is 27.7 Å². The van der Waals surface area contributed by atoms with E-state index in [1.165, 1.54) is 40.7 Å². The Labute approximate surface area is 452 Å². The Morgan fingerprint density at radius 3 is 1.84 bits per heavy atom. The summed E-state index contributed by atoms with van der Waals surface area (Å²) in [6.45, 7) is 14.9. The Hall–Kier alpha value is -2.98. The fourth-order valence-electron chi connectivity index (χ4n) is 9.71. The van der Waals surface area contributed by atoms with Crippen LogP contribution >= 0.6 is 0 Å². The molecule has 2 bridgehead atoms. The van der Waals surface area contributed by atoms with Crippen molar-refractivity contribution in [2.75, 3.05) is 6.61 Å². The van der Waals surface area contributed by atoms with Crippen molar-refractivity contribution in [1.29, 1.82) is 0 Å². The molecule has 0 aliphatic carbocycles. The maximum Gasteiger partial charge on any atom is 0.333 e. The molecule has 0 aromatic carbocycles. The number of ether oxygens (including phenoxy) is 12. The molecule has 5 heterocycles. The predicted octanol–water partition coefficient (Wildman–Crippen LogP) is 2.67. The third-order valence-electron chi connectivity index (χ3n) is 15.1. The third-order valence-corrected chi connectivity index (χ3v) is 15.1. The normalized spacial score (nSPS) is 40.4. The first-order valence-electron chi connectivity index (χ1n) is 27.9. The van der Waals surface area contributed by atoms with Crippen LogP contribution in [-0.2, 0) is 76.0 Å². The van der Waals surface area contributed by atoms with Gasteiger partial charge in [-0.3, -0.25) is 14.4 Å². The van der Waals surface area contributed by atoms with Crippen LogP contribution in [0.1, 0.15) is 153 Å². The number of rotatable bonds is 13. The molecule has 23 atom stereocenters. The van der Waals surface area contributed by atoms with E-state index >= 15 is 0 Å². The second-order valence-electron chi connectivity index (χ2n) is 21.7. The van der Waals surface area contributed by atoms with Gasteiger partial charge in [0.2, 0.25) is 0 Å². The Kier molecular flexibility index (Phi) is 25.9. The second kappa shape index (κ2) is 30.7. The van der Waals surface area contributed by atoms with Gasteiger partial charge >= 0.3 is 23.9 Å². The van der Waals surface area contributed by atoms with Crippen molar-refractivity contribution in [2.45, 2.75) is 288 Å². The minimum absolute atomic E-state index is 0.0760. The van der Waals surface area contributed by atoms with E-state index in [1.807, 2.05) is 0 Å². The number of carbonyl (C=O) groups excluding carboxylic acids is 4. The quantitative estimate of drug-likeness (QED) is 0.0792. The summed E-state index contributed by atoms with van der Waals surface area (Å²) in [4.78, 5) is 53.8. The van der Waals surface area contributed by atoms with Gasteiger partial charge < -0.3 is 92.6 Å². The SMILES string of the molecule is C/C=C(\C)C(=O)O[C@@H]1[C@H]2O[C@H]3[C@H](O[C@H]4[C@H](O[C@H](CCCC)CCCCCCCCCCC(=O)O[C@@H]1[C@@H](O[C@H]1O[C@@H](C)[C@H](O)[C@@H](OC(=O)C(C)C)[C@@H]1O)[C@@H](C)O2)O[C@H](C)[C@@H](O)[C@H]4O)O[C@@H](COC(=O)[C@H](C)[C@H](C)O)[C@H](O)[C@@H]3O. The molecule has 0 aromatic heterocycles. The standard InChI is InChI=1S/C54H90O23/c1-11-13-22-33-23-20-18-16-14-15-17-19-21-24-35(56)72-46-42(75-51-41(62)43(37(58)31(9)67-51)73-48(63)26(3)4)32(10)69-54(47(46)74-49(64)27(5)12-2)77-45-40(61)38(59)34(25-66-50(65)28(6)29(7)55)71-53(45)76-44-39(60)36(57)30(8)68-52(44)70-33/h12,26,28-34,36-47,51-55,57-62H,11,13-25H2,1-10H3/b27-12+/t28-,29+,30-,31+,32-,33-,34+,36-,37+,38+,39-,40+,41+,42+,43-,44-,45-,46-,47+,51-,52+,53+,54-/m1/s1. The van der Waals surface area contributed by atoms with Crippen LogP contribution in [0.3, 0.4) is 0 Å². The van der Waals surface area contributed by atoms with Crippen molar-refractivity contribution in [3.05, 3.63) is 11.6 Å². The Bertz CT molecular complexity index is 1870. The fourth-order valence-corrected chi connectivity index (χ4v) is 9.71. The minimum atomic E-state index is -2.03. The number of aliphatic hydroxyl groups excluding tert-OH is 7. The Morgan fingerprint density at radius 1 is 0.636 bits per heavy atom. The van der Waals surface area contributed by atoms with E-state index in [0.29, 0.717) is 25.7 Å². The van der Waals surface area contributed by atoms with Gasteiger partial charge in [0.1, 0.15) is 67.6 Å². The van der Waals surface area contributed by atoms with Gasteiger partial charge in [-0.25, -0.2) is 4.79 Å². The van der Waals surface area contributed by atoms with Gasteiger partial charge in [0.05, 0.1) is 42.4 Å². The van der Waals surface area contributed by atoms with Gasteiger partial charge in [-0.05, 0) is 67.7 Å². The fraction of sp³-hybridized carbons (Fsp3) is 0.889. The summed E-state index contributed by atoms with van der Waals surface area (Å²) >= 11 is 0. The van der Waals surface area contributed by atoms with E-state index < -0.39 is 171 Å². The van der Waals surface area contributed by atoms with Crippen LogP contribution in [0.5, 0.6) is 0 Å². The van der Waals surface area contributed by atoms with Gasteiger partial charge in [-0.2, -0.15) is 0 Å². The Morgan fingerprint density at radius 2 is 1.22 bits per heavy atom. The molecule has 0 aromatic rings. The molecular formula is C54H90O23. The number of aliphatic hydroxyl groups is 7. The van der Waals surface area contributed by atoms with Crippen molar-refractivity contribution in [3.63, 3.8) is 0 Å². The van der Waals surface area contributed by atoms with Crippen LogP contribution < -0.4 is 0 Å². The maximum atomic E-state index is 14.1. The van der Waals surface area contributed by atoms with E-state index in [4.69, 9.17) is 56.8 Å². The maximum absolute atomic E-state index is 14.1. The number of unbranched alkanes of at least 4 members (excludes halogenated alkanes) is 1. The predicted molar refractivity (Wildman–Crippen MR) is 269 cm³/mol. The summed E-state index contributed by atoms with van der Waals surface area (Å²) in [5.41, 5.74) is 0.0971. The van der Waals surface area contributed by atoms with Crippen LogP contribution in [0.4, 0.5) is 0 Å². The molecule has 7 N–H and O–H groups in total. The van der Waals surface area contributed by atoms with E-state index in [9.17, 15) is 54.9 Å². The summed E-state index contributed by atoms with van der Waals surface area (Å²) in [7, 11) is 0. The molecule has 0 unspecified atom stereocenters. The largest absolute Gasteiger partial charge is 0.463 e. The zero-order valence-electron chi connectivity index (χ0n) is 46.5. The van der Waals surface area contributed by atoms with Crippen LogP contribution in [0, 0.1) is 11.8 Å². The van der Waals surface area contributed by atoms with E-state index in [-0.39, 0.29) is 18.1 Å². The molecule has 5 saturated heterocycles. The summed E-state index contributed by atoms with van der Waals surface area (Å²) in [6, 6.07) is 0. The highest BCUT2D eigenvalue weighted by molar-refractivity contribution is 5.87. The highest BCUT2D eigenvalue weighted by atomic mass is 16.8. The van der Waals surface area contributed by atoms with Gasteiger partial charge in [-0.1, -0.05) is 84.6 Å². The van der Waals surface area contributed by atoms with Gasteiger partial charge in [0, 0.05) is 12.0 Å². The second-order valence-corrected chi connectivity index (χ2v) is 21.7. The highest BCUT2D eigenvalue weighted by Crippen LogP contribution is 2.38. The van der Waals surface area contributed by atoms with Gasteiger partial charge in [-0.15, -0.1) is 0 Å². The van der Waals surface area contributed by atoms with Gasteiger partial charge in [0.15, 0.2) is 43.5 Å². The average molecular weight is 1110 g/mol. The topological polar surface area (TPSA) is 321 Å². The zero-order chi connectivity index (χ0) is 56.8. The van der Waals surface area contributed by atoms with E-state index in [2.05, 4.69) is 6.92 Å². The molecular weight excluding hydrogens is 1020 g/mol.